The lowest BCUT2D eigenvalue weighted by Crippen LogP contribution is -2.14. The Labute approximate surface area is 152 Å². The SMILES string of the molecule is Cc1ccc(NC(=O)CSc2n[nH]c(-c3cccnc3)n2)cc1[N+](=O)[O-]. The van der Waals surface area contributed by atoms with Crippen LogP contribution < -0.4 is 5.32 Å². The number of H-pyrrole nitrogens is 1. The Morgan fingerprint density at radius 1 is 1.38 bits per heavy atom. The third kappa shape index (κ3) is 4.22. The molecule has 0 unspecified atom stereocenters. The first-order valence-electron chi connectivity index (χ1n) is 7.53. The predicted molar refractivity (Wildman–Crippen MR) is 96.8 cm³/mol. The summed E-state index contributed by atoms with van der Waals surface area (Å²) < 4.78 is 0. The van der Waals surface area contributed by atoms with Gasteiger partial charge in [0.2, 0.25) is 11.1 Å². The van der Waals surface area contributed by atoms with E-state index in [1.54, 1.807) is 37.5 Å². The van der Waals surface area contributed by atoms with Gasteiger partial charge in [-0.3, -0.25) is 25.0 Å². The minimum absolute atomic E-state index is 0.0365. The van der Waals surface area contributed by atoms with E-state index in [1.165, 1.54) is 6.07 Å². The van der Waals surface area contributed by atoms with E-state index in [9.17, 15) is 14.9 Å². The Bertz CT molecular complexity index is 944. The number of hydrogen-bond donors (Lipinski definition) is 2. The van der Waals surface area contributed by atoms with Crippen molar-refractivity contribution in [3.05, 3.63) is 58.4 Å². The zero-order chi connectivity index (χ0) is 18.5. The van der Waals surface area contributed by atoms with Crippen LogP contribution in [-0.2, 0) is 4.79 Å². The van der Waals surface area contributed by atoms with Crippen LogP contribution in [0, 0.1) is 17.0 Å². The van der Waals surface area contributed by atoms with E-state index in [1.807, 2.05) is 6.07 Å². The summed E-state index contributed by atoms with van der Waals surface area (Å²) in [5.74, 6) is 0.336. The summed E-state index contributed by atoms with van der Waals surface area (Å²) in [5, 5.41) is 20.9. The molecule has 0 aliphatic heterocycles. The van der Waals surface area contributed by atoms with Gasteiger partial charge in [0.25, 0.3) is 5.69 Å². The fraction of sp³-hybridized carbons (Fsp3) is 0.125. The highest BCUT2D eigenvalue weighted by Crippen LogP contribution is 2.23. The Morgan fingerprint density at radius 2 is 2.23 bits per heavy atom. The van der Waals surface area contributed by atoms with E-state index in [-0.39, 0.29) is 17.3 Å². The molecule has 0 fully saturated rings. The highest BCUT2D eigenvalue weighted by atomic mass is 32.2. The Balaban J connectivity index is 1.59. The molecule has 1 amide bonds. The van der Waals surface area contributed by atoms with Crippen LogP contribution in [-0.4, -0.2) is 36.7 Å². The summed E-state index contributed by atoms with van der Waals surface area (Å²) in [6.07, 6.45) is 3.32. The summed E-state index contributed by atoms with van der Waals surface area (Å²) in [7, 11) is 0. The number of amides is 1. The van der Waals surface area contributed by atoms with Crippen molar-refractivity contribution in [2.45, 2.75) is 12.1 Å². The van der Waals surface area contributed by atoms with E-state index < -0.39 is 4.92 Å². The van der Waals surface area contributed by atoms with Gasteiger partial charge in [0.05, 0.1) is 10.7 Å². The number of rotatable bonds is 6. The van der Waals surface area contributed by atoms with Gasteiger partial charge < -0.3 is 5.32 Å². The zero-order valence-electron chi connectivity index (χ0n) is 13.7. The first-order chi connectivity index (χ1) is 12.5. The molecule has 132 valence electrons. The number of nitro benzene ring substituents is 1. The maximum absolute atomic E-state index is 12.1. The lowest BCUT2D eigenvalue weighted by atomic mass is 10.2. The molecule has 0 saturated carbocycles. The molecule has 1 aromatic carbocycles. The van der Waals surface area contributed by atoms with Crippen LogP contribution in [0.2, 0.25) is 0 Å². The molecule has 0 aliphatic rings. The lowest BCUT2D eigenvalue weighted by molar-refractivity contribution is -0.385. The van der Waals surface area contributed by atoms with E-state index in [2.05, 4.69) is 25.5 Å². The van der Waals surface area contributed by atoms with Crippen molar-refractivity contribution in [3.63, 3.8) is 0 Å². The number of anilines is 1. The minimum atomic E-state index is -0.479. The lowest BCUT2D eigenvalue weighted by Gasteiger charge is -2.05. The smallest absolute Gasteiger partial charge is 0.274 e. The van der Waals surface area contributed by atoms with Crippen LogP contribution in [0.1, 0.15) is 5.56 Å². The topological polar surface area (TPSA) is 127 Å². The van der Waals surface area contributed by atoms with Gasteiger partial charge in [0.1, 0.15) is 0 Å². The molecule has 0 saturated heterocycles. The van der Waals surface area contributed by atoms with Gasteiger partial charge in [-0.1, -0.05) is 17.8 Å². The highest BCUT2D eigenvalue weighted by molar-refractivity contribution is 7.99. The normalized spacial score (nSPS) is 10.5. The molecule has 26 heavy (non-hydrogen) atoms. The molecule has 0 bridgehead atoms. The molecule has 2 aromatic heterocycles. The van der Waals surface area contributed by atoms with Gasteiger partial charge in [0, 0.05) is 35.3 Å². The molecule has 10 heteroatoms. The average Bonchev–Trinajstić information content (AvgIpc) is 3.11. The van der Waals surface area contributed by atoms with Gasteiger partial charge in [-0.05, 0) is 25.1 Å². The quantitative estimate of drug-likeness (QED) is 0.388. The molecule has 2 N–H and O–H groups in total. The Morgan fingerprint density at radius 3 is 2.96 bits per heavy atom. The van der Waals surface area contributed by atoms with Gasteiger partial charge in [-0.15, -0.1) is 5.10 Å². The second-order valence-electron chi connectivity index (χ2n) is 5.30. The predicted octanol–water partition coefficient (Wildman–Crippen LogP) is 2.81. The number of nitrogens with one attached hydrogen (secondary N) is 2. The standard InChI is InChI=1S/C16H14N6O3S/c1-10-4-5-12(7-13(10)22(24)25)18-14(23)9-26-16-19-15(20-21-16)11-3-2-6-17-8-11/h2-8H,9H2,1H3,(H,18,23)(H,19,20,21). The second kappa shape index (κ2) is 7.74. The average molecular weight is 370 g/mol. The number of aromatic amines is 1. The molecule has 0 radical (unpaired) electrons. The van der Waals surface area contributed by atoms with Gasteiger partial charge in [-0.2, -0.15) is 0 Å². The summed E-state index contributed by atoms with van der Waals surface area (Å²) >= 11 is 1.16. The van der Waals surface area contributed by atoms with Crippen molar-refractivity contribution in [1.82, 2.24) is 20.2 Å². The van der Waals surface area contributed by atoms with Crippen molar-refractivity contribution in [3.8, 4) is 11.4 Å². The molecule has 0 atom stereocenters. The maximum Gasteiger partial charge on any atom is 0.274 e. The third-order valence-corrected chi connectivity index (χ3v) is 4.27. The van der Waals surface area contributed by atoms with Crippen LogP contribution in [0.25, 0.3) is 11.4 Å². The monoisotopic (exact) mass is 370 g/mol. The summed E-state index contributed by atoms with van der Waals surface area (Å²) in [5.41, 5.74) is 1.67. The first kappa shape index (κ1) is 17.5. The summed E-state index contributed by atoms with van der Waals surface area (Å²) in [6.45, 7) is 1.64. The molecule has 0 spiro atoms. The fourth-order valence-corrected chi connectivity index (χ4v) is 2.75. The summed E-state index contributed by atoms with van der Waals surface area (Å²) in [4.78, 5) is 30.8. The van der Waals surface area contributed by atoms with Crippen molar-refractivity contribution < 1.29 is 9.72 Å². The molecule has 9 nitrogen and oxygen atoms in total. The van der Waals surface area contributed by atoms with Gasteiger partial charge in [0.15, 0.2) is 5.82 Å². The van der Waals surface area contributed by atoms with Gasteiger partial charge in [-0.25, -0.2) is 4.98 Å². The number of thioether (sulfide) groups is 1. The van der Waals surface area contributed by atoms with E-state index in [0.717, 1.165) is 17.3 Å². The van der Waals surface area contributed by atoms with Crippen LogP contribution in [0.4, 0.5) is 11.4 Å². The van der Waals surface area contributed by atoms with Crippen molar-refractivity contribution in [2.24, 2.45) is 0 Å². The largest absolute Gasteiger partial charge is 0.325 e. The molecular weight excluding hydrogens is 356 g/mol. The number of carbonyl (C=O) groups excluding carboxylic acids is 1. The van der Waals surface area contributed by atoms with Crippen molar-refractivity contribution >= 4 is 29.0 Å². The van der Waals surface area contributed by atoms with Crippen LogP contribution in [0.5, 0.6) is 0 Å². The van der Waals surface area contributed by atoms with E-state index >= 15 is 0 Å². The summed E-state index contributed by atoms with van der Waals surface area (Å²) in [6, 6.07) is 8.19. The zero-order valence-corrected chi connectivity index (χ0v) is 14.5. The van der Waals surface area contributed by atoms with Crippen LogP contribution in [0.3, 0.4) is 0 Å². The van der Waals surface area contributed by atoms with Crippen molar-refractivity contribution in [2.75, 3.05) is 11.1 Å². The number of aryl methyl sites for hydroxylation is 1. The number of nitro groups is 1. The Hall–Kier alpha value is -3.27. The van der Waals surface area contributed by atoms with E-state index in [4.69, 9.17) is 0 Å². The molecule has 2 heterocycles. The number of pyridine rings is 1. The van der Waals surface area contributed by atoms with Crippen molar-refractivity contribution in [1.29, 1.82) is 0 Å². The Kier molecular flexibility index (Phi) is 5.23. The molecule has 3 aromatic rings. The number of carbonyl (C=O) groups is 1. The molecular formula is C16H14N6O3S. The van der Waals surface area contributed by atoms with Crippen LogP contribution >= 0.6 is 11.8 Å². The first-order valence-corrected chi connectivity index (χ1v) is 8.52. The highest BCUT2D eigenvalue weighted by Gasteiger charge is 2.13. The number of hydrogen-bond acceptors (Lipinski definition) is 7. The number of aromatic nitrogens is 4. The van der Waals surface area contributed by atoms with E-state index in [0.29, 0.717) is 22.2 Å². The van der Waals surface area contributed by atoms with Gasteiger partial charge >= 0.3 is 0 Å². The number of benzene rings is 1. The third-order valence-electron chi connectivity index (χ3n) is 3.42. The molecule has 0 aliphatic carbocycles. The second-order valence-corrected chi connectivity index (χ2v) is 6.25. The maximum atomic E-state index is 12.1. The minimum Gasteiger partial charge on any atom is -0.325 e. The fourth-order valence-electron chi connectivity index (χ4n) is 2.15. The molecule has 3 rings (SSSR count). The van der Waals surface area contributed by atoms with Crippen LogP contribution in [0.15, 0.2) is 47.9 Å². The number of nitrogens with zero attached hydrogens (tertiary/aromatic N) is 4.